The molecule has 114 valence electrons. The molecule has 1 aliphatic heterocycles. The number of likely N-dealkylation sites (tertiary alicyclic amines) is 1. The van der Waals surface area contributed by atoms with Crippen LogP contribution < -0.4 is 11.5 Å². The lowest BCUT2D eigenvalue weighted by Gasteiger charge is -2.27. The second kappa shape index (κ2) is 7.88. The molecule has 1 aromatic carbocycles. The van der Waals surface area contributed by atoms with E-state index in [0.717, 1.165) is 42.9 Å². The van der Waals surface area contributed by atoms with Crippen molar-refractivity contribution < 1.29 is 0 Å². The van der Waals surface area contributed by atoms with Crippen LogP contribution in [0.5, 0.6) is 0 Å². The van der Waals surface area contributed by atoms with Gasteiger partial charge in [-0.3, -0.25) is 4.99 Å². The van der Waals surface area contributed by atoms with E-state index in [0.29, 0.717) is 12.5 Å². The smallest absolute Gasteiger partial charge is 0.218 e. The highest BCUT2D eigenvalue weighted by atomic mass is 35.5. The number of piperidine rings is 1. The van der Waals surface area contributed by atoms with E-state index < -0.39 is 0 Å². The lowest BCUT2D eigenvalue weighted by Crippen LogP contribution is -2.41. The van der Waals surface area contributed by atoms with E-state index in [2.05, 4.69) is 14.9 Å². The average Bonchev–Trinajstić information content (AvgIpc) is 2.50. The minimum Gasteiger partial charge on any atom is -0.369 e. The van der Waals surface area contributed by atoms with Crippen molar-refractivity contribution in [1.82, 2.24) is 4.90 Å². The Kier molecular flexibility index (Phi) is 5.87. The summed E-state index contributed by atoms with van der Waals surface area (Å²) in [6.07, 6.45) is 4.30. The summed E-state index contributed by atoms with van der Waals surface area (Å²) >= 11 is 6.09. The summed E-state index contributed by atoms with van der Waals surface area (Å²) in [7, 11) is 0. The summed E-state index contributed by atoms with van der Waals surface area (Å²) in [5, 5.41) is 0.752. The molecule has 4 N–H and O–H groups in total. The van der Waals surface area contributed by atoms with Gasteiger partial charge in [-0.25, -0.2) is 0 Å². The number of hydrogen-bond donors (Lipinski definition) is 2. The minimum atomic E-state index is 0.227. The van der Waals surface area contributed by atoms with Crippen LogP contribution in [-0.4, -0.2) is 36.5 Å². The summed E-state index contributed by atoms with van der Waals surface area (Å²) < 4.78 is 0. The van der Waals surface area contributed by atoms with Crippen molar-refractivity contribution in [2.75, 3.05) is 19.6 Å². The van der Waals surface area contributed by atoms with Crippen LogP contribution in [0, 0.1) is 0 Å². The maximum absolute atomic E-state index is 6.09. The molecular weight excluding hydrogens is 286 g/mol. The number of guanidine groups is 2. The maximum Gasteiger partial charge on any atom is 0.218 e. The monoisotopic (exact) mass is 307 g/mol. The van der Waals surface area contributed by atoms with E-state index in [-0.39, 0.29) is 5.96 Å². The van der Waals surface area contributed by atoms with Crippen molar-refractivity contribution in [1.29, 1.82) is 0 Å². The van der Waals surface area contributed by atoms with Crippen LogP contribution in [0.1, 0.15) is 24.8 Å². The Hall–Kier alpha value is -1.75. The minimum absolute atomic E-state index is 0.227. The number of benzene rings is 1. The Labute approximate surface area is 130 Å². The molecule has 6 heteroatoms. The molecule has 0 radical (unpaired) electrons. The summed E-state index contributed by atoms with van der Waals surface area (Å²) in [4.78, 5) is 10.5. The Balaban J connectivity index is 1.87. The molecular formula is C15H22ClN5. The number of hydrogen-bond acceptors (Lipinski definition) is 1. The molecule has 0 spiro atoms. The van der Waals surface area contributed by atoms with Crippen molar-refractivity contribution in [2.24, 2.45) is 21.5 Å². The molecule has 1 aliphatic rings. The van der Waals surface area contributed by atoms with Crippen molar-refractivity contribution >= 4 is 23.5 Å². The van der Waals surface area contributed by atoms with E-state index in [4.69, 9.17) is 23.1 Å². The summed E-state index contributed by atoms with van der Waals surface area (Å²) in [6.45, 7) is 2.44. The molecule has 2 rings (SSSR count). The summed E-state index contributed by atoms with van der Waals surface area (Å²) in [5.41, 5.74) is 12.8. The molecule has 0 saturated carbocycles. The number of aliphatic imine (C=N–C) groups is 2. The fourth-order valence-corrected chi connectivity index (χ4v) is 2.57. The molecule has 0 aromatic heterocycles. The number of rotatable bonds is 3. The molecule has 1 aromatic rings. The van der Waals surface area contributed by atoms with E-state index in [9.17, 15) is 0 Å². The van der Waals surface area contributed by atoms with Gasteiger partial charge in [-0.1, -0.05) is 29.8 Å². The number of nitrogens with two attached hydrogens (primary N) is 2. The second-order valence-electron chi connectivity index (χ2n) is 5.10. The summed E-state index contributed by atoms with van der Waals surface area (Å²) in [6, 6.07) is 7.73. The normalized spacial score (nSPS) is 17.1. The third-order valence-corrected chi connectivity index (χ3v) is 3.89. The Morgan fingerprint density at radius 2 is 1.86 bits per heavy atom. The second-order valence-corrected chi connectivity index (χ2v) is 5.51. The predicted octanol–water partition coefficient (Wildman–Crippen LogP) is 2.00. The molecule has 0 atom stereocenters. The molecule has 1 saturated heterocycles. The van der Waals surface area contributed by atoms with E-state index in [1.807, 2.05) is 24.3 Å². The van der Waals surface area contributed by atoms with Gasteiger partial charge in [0.15, 0.2) is 5.96 Å². The van der Waals surface area contributed by atoms with Crippen molar-refractivity contribution in [3.63, 3.8) is 0 Å². The Morgan fingerprint density at radius 1 is 1.14 bits per heavy atom. The highest BCUT2D eigenvalue weighted by Gasteiger charge is 2.12. The first-order valence-corrected chi connectivity index (χ1v) is 7.67. The van der Waals surface area contributed by atoms with Gasteiger partial charge < -0.3 is 16.4 Å². The van der Waals surface area contributed by atoms with Gasteiger partial charge in [0.05, 0.1) is 0 Å². The van der Waals surface area contributed by atoms with Crippen molar-refractivity contribution in [2.45, 2.75) is 25.7 Å². The molecule has 0 bridgehead atoms. The zero-order chi connectivity index (χ0) is 15.1. The van der Waals surface area contributed by atoms with Gasteiger partial charge in [-0.05, 0) is 37.3 Å². The van der Waals surface area contributed by atoms with Gasteiger partial charge in [0.1, 0.15) is 0 Å². The molecule has 1 fully saturated rings. The lowest BCUT2D eigenvalue weighted by molar-refractivity contribution is 0.339. The van der Waals surface area contributed by atoms with Crippen LogP contribution in [0.3, 0.4) is 0 Å². The molecule has 1 heterocycles. The number of halogens is 1. The van der Waals surface area contributed by atoms with Gasteiger partial charge in [0.25, 0.3) is 0 Å². The zero-order valence-corrected chi connectivity index (χ0v) is 12.9. The molecule has 5 nitrogen and oxygen atoms in total. The third-order valence-electron chi connectivity index (χ3n) is 3.52. The highest BCUT2D eigenvalue weighted by Crippen LogP contribution is 2.15. The topological polar surface area (TPSA) is 80.0 Å². The fourth-order valence-electron chi connectivity index (χ4n) is 2.34. The maximum atomic E-state index is 6.09. The molecule has 0 amide bonds. The van der Waals surface area contributed by atoms with Crippen molar-refractivity contribution in [3.8, 4) is 0 Å². The molecule has 21 heavy (non-hydrogen) atoms. The largest absolute Gasteiger partial charge is 0.369 e. The van der Waals surface area contributed by atoms with E-state index in [1.54, 1.807) is 0 Å². The van der Waals surface area contributed by atoms with Gasteiger partial charge in [0, 0.05) is 24.7 Å². The number of nitrogens with zero attached hydrogens (tertiary/aromatic N) is 3. The van der Waals surface area contributed by atoms with Gasteiger partial charge >= 0.3 is 0 Å². The lowest BCUT2D eigenvalue weighted by atomic mass is 10.1. The fraction of sp³-hybridized carbons (Fsp3) is 0.467. The van der Waals surface area contributed by atoms with Crippen LogP contribution in [-0.2, 0) is 6.42 Å². The first-order chi connectivity index (χ1) is 10.2. The SMILES string of the molecule is NC(=NCCc1ccccc1Cl)N=C(N)N1CCCCC1. The average molecular weight is 308 g/mol. The van der Waals surface area contributed by atoms with Crippen LogP contribution in [0.4, 0.5) is 0 Å². The van der Waals surface area contributed by atoms with Gasteiger partial charge in [-0.2, -0.15) is 4.99 Å². The predicted molar refractivity (Wildman–Crippen MR) is 88.7 cm³/mol. The zero-order valence-electron chi connectivity index (χ0n) is 12.1. The standard InChI is InChI=1S/C15H22ClN5/c16-13-7-3-2-6-12(13)8-9-19-14(17)20-15(18)21-10-4-1-5-11-21/h2-3,6-7H,1,4-5,8-11H2,(H4,17,18,19,20). The van der Waals surface area contributed by atoms with Crippen LogP contribution >= 0.6 is 11.6 Å². The van der Waals surface area contributed by atoms with E-state index >= 15 is 0 Å². The summed E-state index contributed by atoms with van der Waals surface area (Å²) in [5.74, 6) is 0.693. The Morgan fingerprint density at radius 3 is 2.57 bits per heavy atom. The van der Waals surface area contributed by atoms with Gasteiger partial charge in [0.2, 0.25) is 5.96 Å². The van der Waals surface area contributed by atoms with Gasteiger partial charge in [-0.15, -0.1) is 0 Å². The first-order valence-electron chi connectivity index (χ1n) is 7.29. The quantitative estimate of drug-likeness (QED) is 0.662. The highest BCUT2D eigenvalue weighted by molar-refractivity contribution is 6.31. The van der Waals surface area contributed by atoms with Crippen LogP contribution in [0.2, 0.25) is 5.02 Å². The Bertz CT molecular complexity index is 521. The molecule has 0 aliphatic carbocycles. The third kappa shape index (κ3) is 4.93. The van der Waals surface area contributed by atoms with E-state index in [1.165, 1.54) is 6.42 Å². The van der Waals surface area contributed by atoms with Crippen molar-refractivity contribution in [3.05, 3.63) is 34.9 Å². The molecule has 0 unspecified atom stereocenters. The van der Waals surface area contributed by atoms with Crippen LogP contribution in [0.15, 0.2) is 34.3 Å². The first kappa shape index (κ1) is 15.6. The van der Waals surface area contributed by atoms with Crippen LogP contribution in [0.25, 0.3) is 0 Å².